The Morgan fingerprint density at radius 1 is 1.39 bits per heavy atom. The summed E-state index contributed by atoms with van der Waals surface area (Å²) in [7, 11) is 0. The molecule has 2 aromatic rings. The van der Waals surface area contributed by atoms with Crippen molar-refractivity contribution in [2.24, 2.45) is 0 Å². The Labute approximate surface area is 105 Å². The molecule has 1 aliphatic heterocycles. The van der Waals surface area contributed by atoms with E-state index in [1.165, 1.54) is 0 Å². The van der Waals surface area contributed by atoms with Crippen molar-refractivity contribution in [3.05, 3.63) is 41.7 Å². The van der Waals surface area contributed by atoms with Crippen molar-refractivity contribution in [3.8, 4) is 0 Å². The molecule has 0 bridgehead atoms. The number of hydrogen-bond donors (Lipinski definition) is 3. The van der Waals surface area contributed by atoms with Gasteiger partial charge in [-0.2, -0.15) is 5.10 Å². The van der Waals surface area contributed by atoms with E-state index in [1.54, 1.807) is 12.4 Å². The highest BCUT2D eigenvalue weighted by molar-refractivity contribution is 6.06. The van der Waals surface area contributed by atoms with Gasteiger partial charge in [0.05, 0.1) is 11.9 Å². The zero-order valence-corrected chi connectivity index (χ0v) is 9.86. The largest absolute Gasteiger partial charge is 0.385 e. The van der Waals surface area contributed by atoms with Crippen LogP contribution in [0.5, 0.6) is 0 Å². The van der Waals surface area contributed by atoms with E-state index in [4.69, 9.17) is 0 Å². The number of carbonyl (C=O) groups excluding carboxylic acids is 1. The van der Waals surface area contributed by atoms with Crippen LogP contribution in [0.1, 0.15) is 22.3 Å². The van der Waals surface area contributed by atoms with E-state index in [0.717, 1.165) is 36.2 Å². The lowest BCUT2D eigenvalue weighted by Gasteiger charge is -2.20. The van der Waals surface area contributed by atoms with Crippen LogP contribution in [0, 0.1) is 0 Å². The lowest BCUT2D eigenvalue weighted by Crippen LogP contribution is -2.19. The third kappa shape index (κ3) is 1.95. The summed E-state index contributed by atoms with van der Waals surface area (Å²) >= 11 is 0. The fourth-order valence-corrected chi connectivity index (χ4v) is 2.24. The van der Waals surface area contributed by atoms with Gasteiger partial charge < -0.3 is 10.6 Å². The zero-order valence-electron chi connectivity index (χ0n) is 9.86. The molecular formula is C13H14N4O. The first kappa shape index (κ1) is 10.8. The van der Waals surface area contributed by atoms with Gasteiger partial charge in [0.2, 0.25) is 0 Å². The minimum Gasteiger partial charge on any atom is -0.385 e. The van der Waals surface area contributed by atoms with Crippen LogP contribution in [0.2, 0.25) is 0 Å². The Balaban J connectivity index is 1.89. The third-order valence-electron chi connectivity index (χ3n) is 3.10. The van der Waals surface area contributed by atoms with Crippen LogP contribution in [0.15, 0.2) is 30.6 Å². The molecule has 0 radical (unpaired) electrons. The minimum absolute atomic E-state index is 0.0862. The number of H-pyrrole nitrogens is 1. The van der Waals surface area contributed by atoms with Gasteiger partial charge in [-0.1, -0.05) is 6.07 Å². The van der Waals surface area contributed by atoms with Crippen LogP contribution in [-0.2, 0) is 6.42 Å². The fourth-order valence-electron chi connectivity index (χ4n) is 2.24. The Morgan fingerprint density at radius 3 is 3.17 bits per heavy atom. The lowest BCUT2D eigenvalue weighted by molar-refractivity contribution is 0.102. The molecule has 2 heterocycles. The third-order valence-corrected chi connectivity index (χ3v) is 3.10. The molecule has 3 rings (SSSR count). The Bertz CT molecular complexity index is 562. The number of nitrogens with zero attached hydrogens (tertiary/aromatic N) is 1. The van der Waals surface area contributed by atoms with Gasteiger partial charge in [0, 0.05) is 24.0 Å². The molecular weight excluding hydrogens is 228 g/mol. The van der Waals surface area contributed by atoms with E-state index in [9.17, 15) is 4.79 Å². The molecule has 0 unspecified atom stereocenters. The van der Waals surface area contributed by atoms with Crippen LogP contribution >= 0.6 is 0 Å². The number of amides is 1. The number of anilines is 2. The van der Waals surface area contributed by atoms with E-state index in [1.807, 2.05) is 18.2 Å². The van der Waals surface area contributed by atoms with E-state index >= 15 is 0 Å². The van der Waals surface area contributed by atoms with Gasteiger partial charge >= 0.3 is 0 Å². The molecule has 0 aliphatic carbocycles. The number of hydrogen-bond acceptors (Lipinski definition) is 3. The molecule has 0 saturated carbocycles. The van der Waals surface area contributed by atoms with Gasteiger partial charge in [0.1, 0.15) is 0 Å². The van der Waals surface area contributed by atoms with Crippen molar-refractivity contribution < 1.29 is 4.79 Å². The van der Waals surface area contributed by atoms with Crippen molar-refractivity contribution >= 4 is 17.3 Å². The topological polar surface area (TPSA) is 69.8 Å². The van der Waals surface area contributed by atoms with Gasteiger partial charge in [-0.05, 0) is 30.5 Å². The number of aromatic amines is 1. The van der Waals surface area contributed by atoms with Crippen LogP contribution in [0.4, 0.5) is 11.4 Å². The summed E-state index contributed by atoms with van der Waals surface area (Å²) in [4.78, 5) is 12.2. The molecule has 0 saturated heterocycles. The smallest absolute Gasteiger partial charge is 0.256 e. The highest BCUT2D eigenvalue weighted by atomic mass is 16.1. The van der Waals surface area contributed by atoms with Crippen LogP contribution in [-0.4, -0.2) is 22.6 Å². The summed E-state index contributed by atoms with van der Waals surface area (Å²) in [5, 5.41) is 12.6. The Morgan fingerprint density at radius 2 is 2.33 bits per heavy atom. The number of carbonyl (C=O) groups is 1. The van der Waals surface area contributed by atoms with Crippen molar-refractivity contribution in [3.63, 3.8) is 0 Å². The fraction of sp³-hybridized carbons (Fsp3) is 0.231. The van der Waals surface area contributed by atoms with Gasteiger partial charge in [-0.15, -0.1) is 0 Å². The van der Waals surface area contributed by atoms with Gasteiger partial charge in [-0.25, -0.2) is 0 Å². The number of fused-ring (bicyclic) bond motifs is 1. The number of rotatable bonds is 2. The zero-order chi connectivity index (χ0) is 12.4. The highest BCUT2D eigenvalue weighted by Gasteiger charge is 2.17. The van der Waals surface area contributed by atoms with Crippen molar-refractivity contribution in [1.29, 1.82) is 0 Å². The maximum atomic E-state index is 12.2. The first-order valence-electron chi connectivity index (χ1n) is 6.00. The second-order valence-corrected chi connectivity index (χ2v) is 4.30. The standard InChI is InChI=1S/C13H14N4O/c18-13(17-9-7-15-16-8-9)11-3-1-5-12-10(11)4-2-6-14-12/h1,3,5,7-8,14H,2,4,6H2,(H,15,16)(H,17,18). The molecule has 1 aromatic heterocycles. The molecule has 18 heavy (non-hydrogen) atoms. The average Bonchev–Trinajstić information content (AvgIpc) is 2.91. The SMILES string of the molecule is O=C(Nc1cn[nH]c1)c1cccc2c1CCCN2. The monoisotopic (exact) mass is 242 g/mol. The molecule has 1 amide bonds. The summed E-state index contributed by atoms with van der Waals surface area (Å²) in [5.41, 5.74) is 3.59. The van der Waals surface area contributed by atoms with E-state index in [0.29, 0.717) is 5.69 Å². The lowest BCUT2D eigenvalue weighted by atomic mass is 9.97. The van der Waals surface area contributed by atoms with Crippen LogP contribution < -0.4 is 10.6 Å². The second-order valence-electron chi connectivity index (χ2n) is 4.30. The summed E-state index contributed by atoms with van der Waals surface area (Å²) < 4.78 is 0. The first-order valence-corrected chi connectivity index (χ1v) is 6.00. The molecule has 5 nitrogen and oxygen atoms in total. The summed E-state index contributed by atoms with van der Waals surface area (Å²) in [6, 6.07) is 5.78. The average molecular weight is 242 g/mol. The van der Waals surface area contributed by atoms with Crippen LogP contribution in [0.25, 0.3) is 0 Å². The van der Waals surface area contributed by atoms with Crippen molar-refractivity contribution in [2.45, 2.75) is 12.8 Å². The maximum Gasteiger partial charge on any atom is 0.256 e. The van der Waals surface area contributed by atoms with Gasteiger partial charge in [0.25, 0.3) is 5.91 Å². The van der Waals surface area contributed by atoms with E-state index in [2.05, 4.69) is 20.8 Å². The number of nitrogens with one attached hydrogen (secondary N) is 3. The second kappa shape index (κ2) is 4.52. The molecule has 0 atom stereocenters. The molecule has 92 valence electrons. The molecule has 0 spiro atoms. The normalized spacial score (nSPS) is 13.6. The van der Waals surface area contributed by atoms with Crippen LogP contribution in [0.3, 0.4) is 0 Å². The van der Waals surface area contributed by atoms with Crippen molar-refractivity contribution in [2.75, 3.05) is 17.2 Å². The predicted molar refractivity (Wildman–Crippen MR) is 69.8 cm³/mol. The quantitative estimate of drug-likeness (QED) is 0.754. The molecule has 5 heteroatoms. The molecule has 1 aromatic carbocycles. The summed E-state index contributed by atoms with van der Waals surface area (Å²) in [5.74, 6) is -0.0862. The van der Waals surface area contributed by atoms with E-state index < -0.39 is 0 Å². The summed E-state index contributed by atoms with van der Waals surface area (Å²) in [6.07, 6.45) is 5.25. The van der Waals surface area contributed by atoms with E-state index in [-0.39, 0.29) is 5.91 Å². The number of aromatic nitrogens is 2. The number of benzene rings is 1. The minimum atomic E-state index is -0.0862. The van der Waals surface area contributed by atoms with Gasteiger partial charge in [-0.3, -0.25) is 9.89 Å². The summed E-state index contributed by atoms with van der Waals surface area (Å²) in [6.45, 7) is 0.972. The molecule has 3 N–H and O–H groups in total. The first-order chi connectivity index (χ1) is 8.84. The van der Waals surface area contributed by atoms with Crippen molar-refractivity contribution in [1.82, 2.24) is 10.2 Å². The Kier molecular flexibility index (Phi) is 2.72. The molecule has 0 fully saturated rings. The predicted octanol–water partition coefficient (Wildman–Crippen LogP) is 2.02. The van der Waals surface area contributed by atoms with Gasteiger partial charge in [0.15, 0.2) is 0 Å². The Hall–Kier alpha value is -2.30. The maximum absolute atomic E-state index is 12.2. The highest BCUT2D eigenvalue weighted by Crippen LogP contribution is 2.25. The molecule has 1 aliphatic rings.